The summed E-state index contributed by atoms with van der Waals surface area (Å²) in [7, 11) is -3.38. The van der Waals surface area contributed by atoms with E-state index in [2.05, 4.69) is 44.4 Å². The fourth-order valence-corrected chi connectivity index (χ4v) is 5.85. The number of phenolic OH excluding ortho intramolecular Hbond substituents is 1. The highest BCUT2D eigenvalue weighted by Gasteiger charge is 2.42. The van der Waals surface area contributed by atoms with Crippen molar-refractivity contribution in [1.29, 1.82) is 0 Å². The van der Waals surface area contributed by atoms with Gasteiger partial charge in [0.2, 0.25) is 10.0 Å². The monoisotopic (exact) mass is 533 g/mol. The fourth-order valence-electron chi connectivity index (χ4n) is 4.94. The molecule has 5 rings (SSSR count). The number of anilines is 2. The number of hydrogen-bond acceptors (Lipinski definition) is 5. The number of aromatic nitrogens is 2. The molecular formula is C27H27N5O3S2. The van der Waals surface area contributed by atoms with Gasteiger partial charge >= 0.3 is 0 Å². The molecule has 1 aliphatic heterocycles. The fraction of sp³-hybridized carbons (Fsp3) is 0.185. The SMILES string of the molecule is Cc1cc(C2C(c3ccccn3)NC(=S)N2c2ccc(NS(C)(=O)=O)cc2)c(C)n1-c1ccc(O)cc1. The molecule has 190 valence electrons. The molecule has 0 bridgehead atoms. The van der Waals surface area contributed by atoms with Crippen LogP contribution in [0.5, 0.6) is 5.75 Å². The highest BCUT2D eigenvalue weighted by molar-refractivity contribution is 7.92. The van der Waals surface area contributed by atoms with Crippen LogP contribution in [-0.2, 0) is 10.0 Å². The lowest BCUT2D eigenvalue weighted by molar-refractivity contribution is 0.475. The minimum atomic E-state index is -3.38. The van der Waals surface area contributed by atoms with Gasteiger partial charge in [-0.2, -0.15) is 0 Å². The zero-order chi connectivity index (χ0) is 26.3. The zero-order valence-electron chi connectivity index (χ0n) is 20.6. The van der Waals surface area contributed by atoms with Crippen LogP contribution in [-0.4, -0.2) is 34.4 Å². The van der Waals surface area contributed by atoms with Crippen molar-refractivity contribution >= 4 is 38.7 Å². The lowest BCUT2D eigenvalue weighted by Crippen LogP contribution is -2.29. The molecule has 0 saturated carbocycles. The number of aromatic hydroxyl groups is 1. The highest BCUT2D eigenvalue weighted by Crippen LogP contribution is 2.44. The number of sulfonamides is 1. The summed E-state index contributed by atoms with van der Waals surface area (Å²) in [6, 6.07) is 21.8. The summed E-state index contributed by atoms with van der Waals surface area (Å²) < 4.78 is 28.0. The Hall–Kier alpha value is -3.89. The van der Waals surface area contributed by atoms with Gasteiger partial charge < -0.3 is 19.9 Å². The third-order valence-corrected chi connectivity index (χ3v) is 7.36. The minimum absolute atomic E-state index is 0.212. The number of hydrogen-bond donors (Lipinski definition) is 3. The first kappa shape index (κ1) is 24.8. The number of thiocarbonyl (C=S) groups is 1. The van der Waals surface area contributed by atoms with Crippen LogP contribution in [0.15, 0.2) is 79.0 Å². The maximum atomic E-state index is 11.7. The van der Waals surface area contributed by atoms with Gasteiger partial charge in [0.1, 0.15) is 5.75 Å². The van der Waals surface area contributed by atoms with E-state index in [1.165, 1.54) is 0 Å². The van der Waals surface area contributed by atoms with E-state index in [9.17, 15) is 13.5 Å². The lowest BCUT2D eigenvalue weighted by Gasteiger charge is -2.28. The number of pyridine rings is 1. The van der Waals surface area contributed by atoms with Gasteiger partial charge in [-0.15, -0.1) is 0 Å². The van der Waals surface area contributed by atoms with Gasteiger partial charge in [-0.25, -0.2) is 8.42 Å². The second kappa shape index (κ2) is 9.53. The molecule has 1 aliphatic rings. The molecule has 2 atom stereocenters. The first-order valence-corrected chi connectivity index (χ1v) is 14.0. The topological polar surface area (TPSA) is 99.5 Å². The molecule has 2 aromatic carbocycles. The van der Waals surface area contributed by atoms with E-state index in [0.717, 1.165) is 40.3 Å². The van der Waals surface area contributed by atoms with E-state index < -0.39 is 10.0 Å². The first-order valence-electron chi connectivity index (χ1n) is 11.7. The number of nitrogens with one attached hydrogen (secondary N) is 2. The highest BCUT2D eigenvalue weighted by atomic mass is 32.2. The molecule has 2 aromatic heterocycles. The van der Waals surface area contributed by atoms with Gasteiger partial charge in [0.25, 0.3) is 0 Å². The molecule has 4 aromatic rings. The Balaban J connectivity index is 1.62. The van der Waals surface area contributed by atoms with Crippen molar-refractivity contribution in [3.8, 4) is 11.4 Å². The molecule has 0 aliphatic carbocycles. The van der Waals surface area contributed by atoms with Crippen molar-refractivity contribution < 1.29 is 13.5 Å². The Kier molecular flexibility index (Phi) is 6.38. The second-order valence-electron chi connectivity index (χ2n) is 9.10. The molecule has 10 heteroatoms. The van der Waals surface area contributed by atoms with Gasteiger partial charge in [0.05, 0.1) is 24.0 Å². The standard InChI is InChI=1S/C27H27N5O3S2/c1-17-16-23(18(2)31(17)20-11-13-22(33)14-12-20)26-25(24-6-4-5-15-28-24)29-27(36)32(26)21-9-7-19(8-10-21)30-37(3,34)35/h4-16,25-26,30,33H,1-3H3,(H,29,36). The Labute approximate surface area is 221 Å². The lowest BCUT2D eigenvalue weighted by atomic mass is 9.96. The van der Waals surface area contributed by atoms with E-state index in [4.69, 9.17) is 12.2 Å². The summed E-state index contributed by atoms with van der Waals surface area (Å²) in [5.41, 5.74) is 6.28. The van der Waals surface area contributed by atoms with Gasteiger partial charge in [0, 0.05) is 34.6 Å². The molecule has 0 radical (unpaired) electrons. The molecule has 3 heterocycles. The zero-order valence-corrected chi connectivity index (χ0v) is 22.2. The van der Waals surface area contributed by atoms with E-state index >= 15 is 0 Å². The van der Waals surface area contributed by atoms with Crippen LogP contribution in [0.1, 0.15) is 34.7 Å². The van der Waals surface area contributed by atoms with Crippen LogP contribution in [0, 0.1) is 13.8 Å². The van der Waals surface area contributed by atoms with E-state index in [0.29, 0.717) is 10.8 Å². The maximum absolute atomic E-state index is 11.7. The molecule has 37 heavy (non-hydrogen) atoms. The number of aryl methyl sites for hydroxylation is 1. The Bertz CT molecular complexity index is 1550. The van der Waals surface area contributed by atoms with Crippen molar-refractivity contribution in [3.63, 3.8) is 0 Å². The Morgan fingerprint density at radius 3 is 2.30 bits per heavy atom. The number of benzene rings is 2. The molecule has 1 saturated heterocycles. The van der Waals surface area contributed by atoms with Crippen molar-refractivity contribution in [3.05, 3.63) is 102 Å². The van der Waals surface area contributed by atoms with Crippen LogP contribution in [0.4, 0.5) is 11.4 Å². The molecule has 2 unspecified atom stereocenters. The molecule has 1 fully saturated rings. The average Bonchev–Trinajstić information content (AvgIpc) is 3.35. The smallest absolute Gasteiger partial charge is 0.229 e. The normalized spacial score (nSPS) is 17.6. The van der Waals surface area contributed by atoms with Crippen molar-refractivity contribution in [2.45, 2.75) is 25.9 Å². The molecule has 8 nitrogen and oxygen atoms in total. The van der Waals surface area contributed by atoms with Crippen LogP contribution >= 0.6 is 12.2 Å². The predicted octanol–water partition coefficient (Wildman–Crippen LogP) is 4.74. The maximum Gasteiger partial charge on any atom is 0.229 e. The molecule has 0 amide bonds. The predicted molar refractivity (Wildman–Crippen MR) is 150 cm³/mol. The largest absolute Gasteiger partial charge is 0.508 e. The van der Waals surface area contributed by atoms with Gasteiger partial charge in [-0.05, 0) is 98.4 Å². The van der Waals surface area contributed by atoms with Crippen molar-refractivity contribution in [1.82, 2.24) is 14.9 Å². The van der Waals surface area contributed by atoms with Crippen LogP contribution < -0.4 is 14.9 Å². The molecule has 3 N–H and O–H groups in total. The summed E-state index contributed by atoms with van der Waals surface area (Å²) in [4.78, 5) is 6.68. The van der Waals surface area contributed by atoms with Crippen LogP contribution in [0.3, 0.4) is 0 Å². The second-order valence-corrected chi connectivity index (χ2v) is 11.2. The third kappa shape index (κ3) is 4.90. The van der Waals surface area contributed by atoms with Gasteiger partial charge in [-0.1, -0.05) is 6.07 Å². The third-order valence-electron chi connectivity index (χ3n) is 6.44. The summed E-state index contributed by atoms with van der Waals surface area (Å²) in [5.74, 6) is 0.215. The Morgan fingerprint density at radius 1 is 1.00 bits per heavy atom. The number of phenols is 1. The van der Waals surface area contributed by atoms with Crippen molar-refractivity contribution in [2.24, 2.45) is 0 Å². The Morgan fingerprint density at radius 2 is 1.68 bits per heavy atom. The summed E-state index contributed by atoms with van der Waals surface area (Å²) in [5, 5.41) is 13.8. The van der Waals surface area contributed by atoms with E-state index in [1.54, 1.807) is 30.5 Å². The average molecular weight is 534 g/mol. The molecule has 0 spiro atoms. The first-order chi connectivity index (χ1) is 17.6. The quantitative estimate of drug-likeness (QED) is 0.308. The van der Waals surface area contributed by atoms with Crippen LogP contribution in [0.25, 0.3) is 5.69 Å². The van der Waals surface area contributed by atoms with Crippen molar-refractivity contribution in [2.75, 3.05) is 15.9 Å². The summed E-state index contributed by atoms with van der Waals surface area (Å²) in [6.07, 6.45) is 2.89. The summed E-state index contributed by atoms with van der Waals surface area (Å²) >= 11 is 5.83. The summed E-state index contributed by atoms with van der Waals surface area (Å²) in [6.45, 7) is 4.12. The minimum Gasteiger partial charge on any atom is -0.508 e. The van der Waals surface area contributed by atoms with E-state index in [1.807, 2.05) is 42.5 Å². The van der Waals surface area contributed by atoms with E-state index in [-0.39, 0.29) is 17.8 Å². The number of rotatable bonds is 6. The van der Waals surface area contributed by atoms with Crippen LogP contribution in [0.2, 0.25) is 0 Å². The number of nitrogens with zero attached hydrogens (tertiary/aromatic N) is 3. The van der Waals surface area contributed by atoms with Gasteiger partial charge in [-0.3, -0.25) is 9.71 Å². The molecular weight excluding hydrogens is 506 g/mol. The van der Waals surface area contributed by atoms with Gasteiger partial charge in [0.15, 0.2) is 5.11 Å².